The van der Waals surface area contributed by atoms with Crippen molar-refractivity contribution in [2.75, 3.05) is 0 Å². The molecule has 0 fully saturated rings. The van der Waals surface area contributed by atoms with Crippen molar-refractivity contribution >= 4 is 28.6 Å². The van der Waals surface area contributed by atoms with Gasteiger partial charge >= 0.3 is 0 Å². The molecule has 98 valence electrons. The molecule has 0 aliphatic rings. The first kappa shape index (κ1) is 13.0. The van der Waals surface area contributed by atoms with Gasteiger partial charge in [-0.15, -0.1) is 11.8 Å². The third-order valence-corrected chi connectivity index (χ3v) is 4.53. The lowest BCUT2D eigenvalue weighted by molar-refractivity contribution is 1.38. The maximum Gasteiger partial charge on any atom is 0.0238 e. The van der Waals surface area contributed by atoms with Crippen LogP contribution in [0.3, 0.4) is 0 Å². The third-order valence-electron chi connectivity index (χ3n) is 3.41. The summed E-state index contributed by atoms with van der Waals surface area (Å²) in [6.45, 7) is 3.89. The molecular weight excluding hydrogens is 260 g/mol. The van der Waals surface area contributed by atoms with Gasteiger partial charge in [-0.2, -0.15) is 0 Å². The van der Waals surface area contributed by atoms with Crippen LogP contribution in [0.2, 0.25) is 0 Å². The maximum absolute atomic E-state index is 3.89. The highest BCUT2D eigenvalue weighted by molar-refractivity contribution is 7.98. The van der Waals surface area contributed by atoms with Crippen molar-refractivity contribution in [1.29, 1.82) is 0 Å². The van der Waals surface area contributed by atoms with Crippen LogP contribution in [0.5, 0.6) is 0 Å². The normalized spacial score (nSPS) is 10.6. The quantitative estimate of drug-likeness (QED) is 0.545. The number of hydrogen-bond acceptors (Lipinski definition) is 1. The fourth-order valence-corrected chi connectivity index (χ4v) is 3.43. The van der Waals surface area contributed by atoms with Gasteiger partial charge in [0.25, 0.3) is 0 Å². The van der Waals surface area contributed by atoms with Gasteiger partial charge in [0.05, 0.1) is 0 Å². The smallest absolute Gasteiger partial charge is 0.0238 e. The second-order valence-corrected chi connectivity index (χ2v) is 5.69. The molecule has 0 nitrogen and oxygen atoms in total. The van der Waals surface area contributed by atoms with Gasteiger partial charge in [0, 0.05) is 10.6 Å². The van der Waals surface area contributed by atoms with Gasteiger partial charge in [0.1, 0.15) is 0 Å². The summed E-state index contributed by atoms with van der Waals surface area (Å²) in [4.78, 5) is 1.34. The van der Waals surface area contributed by atoms with Crippen LogP contribution in [0.25, 0.3) is 16.8 Å². The summed E-state index contributed by atoms with van der Waals surface area (Å²) < 4.78 is 0. The Morgan fingerprint density at radius 3 is 2.50 bits per heavy atom. The van der Waals surface area contributed by atoms with Crippen molar-refractivity contribution in [3.8, 4) is 0 Å². The van der Waals surface area contributed by atoms with Crippen LogP contribution in [0.1, 0.15) is 11.1 Å². The molecule has 0 amide bonds. The minimum Gasteiger partial charge on any atom is -0.121 e. The molecule has 0 aromatic heterocycles. The van der Waals surface area contributed by atoms with Crippen molar-refractivity contribution in [2.45, 2.75) is 10.6 Å². The summed E-state index contributed by atoms with van der Waals surface area (Å²) in [6, 6.07) is 23.5. The molecule has 0 aliphatic heterocycles. The molecule has 1 heteroatoms. The summed E-state index contributed by atoms with van der Waals surface area (Å²) >= 11 is 1.88. The van der Waals surface area contributed by atoms with Crippen LogP contribution >= 0.6 is 11.8 Å². The molecule has 0 spiro atoms. The van der Waals surface area contributed by atoms with Crippen LogP contribution in [-0.4, -0.2) is 0 Å². The second-order valence-electron chi connectivity index (χ2n) is 4.67. The first-order chi connectivity index (χ1) is 9.88. The highest BCUT2D eigenvalue weighted by Gasteiger charge is 2.03. The van der Waals surface area contributed by atoms with E-state index >= 15 is 0 Å². The van der Waals surface area contributed by atoms with Crippen molar-refractivity contribution in [2.24, 2.45) is 0 Å². The molecule has 20 heavy (non-hydrogen) atoms. The number of fused-ring (bicyclic) bond motifs is 1. The van der Waals surface area contributed by atoms with E-state index in [4.69, 9.17) is 0 Å². The fraction of sp³-hybridized carbons (Fsp3) is 0.0526. The Morgan fingerprint density at radius 2 is 1.60 bits per heavy atom. The van der Waals surface area contributed by atoms with E-state index in [0.717, 1.165) is 5.75 Å². The average Bonchev–Trinajstić information content (AvgIpc) is 2.53. The Balaban J connectivity index is 1.89. The van der Waals surface area contributed by atoms with E-state index in [-0.39, 0.29) is 0 Å². The molecule has 0 N–H and O–H groups in total. The van der Waals surface area contributed by atoms with Crippen LogP contribution < -0.4 is 0 Å². The maximum atomic E-state index is 3.89. The Morgan fingerprint density at radius 1 is 0.850 bits per heavy atom. The molecule has 0 aliphatic carbocycles. The topological polar surface area (TPSA) is 0 Å². The van der Waals surface area contributed by atoms with Gasteiger partial charge in [-0.05, 0) is 28.0 Å². The molecule has 0 saturated carbocycles. The summed E-state index contributed by atoms with van der Waals surface area (Å²) in [7, 11) is 0. The number of benzene rings is 3. The minimum atomic E-state index is 0.968. The van der Waals surface area contributed by atoms with E-state index in [1.165, 1.54) is 26.8 Å². The van der Waals surface area contributed by atoms with Gasteiger partial charge in [-0.1, -0.05) is 73.3 Å². The Kier molecular flexibility index (Phi) is 3.89. The number of hydrogen-bond donors (Lipinski definition) is 0. The summed E-state index contributed by atoms with van der Waals surface area (Å²) in [5.41, 5.74) is 2.56. The zero-order chi connectivity index (χ0) is 13.8. The number of thioether (sulfide) groups is 1. The molecule has 0 bridgehead atoms. The molecule has 3 aromatic carbocycles. The molecule has 0 atom stereocenters. The first-order valence-corrected chi connectivity index (χ1v) is 7.68. The van der Waals surface area contributed by atoms with Gasteiger partial charge in [0.15, 0.2) is 0 Å². The predicted octanol–water partition coefficient (Wildman–Crippen LogP) is 5.78. The van der Waals surface area contributed by atoms with Gasteiger partial charge in [-0.3, -0.25) is 0 Å². The highest BCUT2D eigenvalue weighted by Crippen LogP contribution is 2.31. The Hall–Kier alpha value is -1.99. The average molecular weight is 276 g/mol. The van der Waals surface area contributed by atoms with Crippen molar-refractivity contribution in [3.63, 3.8) is 0 Å². The van der Waals surface area contributed by atoms with E-state index in [1.54, 1.807) is 0 Å². The Bertz CT molecular complexity index is 738. The van der Waals surface area contributed by atoms with Crippen molar-refractivity contribution < 1.29 is 0 Å². The zero-order valence-electron chi connectivity index (χ0n) is 11.3. The molecule has 3 rings (SSSR count). The third kappa shape index (κ3) is 2.63. The number of rotatable bonds is 4. The summed E-state index contributed by atoms with van der Waals surface area (Å²) in [6.07, 6.45) is 1.93. The lowest BCUT2D eigenvalue weighted by atomic mass is 10.1. The van der Waals surface area contributed by atoms with E-state index in [9.17, 15) is 0 Å². The summed E-state index contributed by atoms with van der Waals surface area (Å²) in [5.74, 6) is 0.968. The van der Waals surface area contributed by atoms with Gasteiger partial charge in [-0.25, -0.2) is 0 Å². The largest absolute Gasteiger partial charge is 0.121 e. The highest BCUT2D eigenvalue weighted by atomic mass is 32.2. The molecule has 0 unspecified atom stereocenters. The fourth-order valence-electron chi connectivity index (χ4n) is 2.34. The van der Waals surface area contributed by atoms with Gasteiger partial charge in [0.2, 0.25) is 0 Å². The lowest BCUT2D eigenvalue weighted by Gasteiger charge is -2.08. The second kappa shape index (κ2) is 5.98. The Labute approximate surface area is 124 Å². The van der Waals surface area contributed by atoms with E-state index < -0.39 is 0 Å². The molecule has 0 heterocycles. The first-order valence-electron chi connectivity index (χ1n) is 6.69. The molecular formula is C19H16S. The van der Waals surface area contributed by atoms with E-state index in [2.05, 4.69) is 73.3 Å². The summed E-state index contributed by atoms with van der Waals surface area (Å²) in [5, 5.41) is 2.63. The molecule has 0 radical (unpaired) electrons. The van der Waals surface area contributed by atoms with Crippen LogP contribution in [-0.2, 0) is 5.75 Å². The molecule has 3 aromatic rings. The standard InChI is InChI=1S/C19H16S/c1-2-15-8-3-4-10-17(15)14-20-19-13-7-11-16-9-5-6-12-18(16)19/h2-13H,1,14H2. The van der Waals surface area contributed by atoms with Crippen LogP contribution in [0, 0.1) is 0 Å². The predicted molar refractivity (Wildman–Crippen MR) is 90.0 cm³/mol. The SMILES string of the molecule is C=Cc1ccccc1CSc1cccc2ccccc12. The lowest BCUT2D eigenvalue weighted by Crippen LogP contribution is -1.86. The van der Waals surface area contributed by atoms with Crippen molar-refractivity contribution in [1.82, 2.24) is 0 Å². The minimum absolute atomic E-state index is 0.968. The van der Waals surface area contributed by atoms with Crippen molar-refractivity contribution in [3.05, 3.63) is 84.4 Å². The van der Waals surface area contributed by atoms with Crippen LogP contribution in [0.15, 0.2) is 78.2 Å². The van der Waals surface area contributed by atoms with Crippen LogP contribution in [0.4, 0.5) is 0 Å². The monoisotopic (exact) mass is 276 g/mol. The van der Waals surface area contributed by atoms with E-state index in [1.807, 2.05) is 17.8 Å². The van der Waals surface area contributed by atoms with Gasteiger partial charge < -0.3 is 0 Å². The molecule has 0 saturated heterocycles. The van der Waals surface area contributed by atoms with E-state index in [0.29, 0.717) is 0 Å². The zero-order valence-corrected chi connectivity index (χ0v) is 12.1.